The lowest BCUT2D eigenvalue weighted by Gasteiger charge is -2.09. The molecule has 1 aromatic heterocycles. The highest BCUT2D eigenvalue weighted by atomic mass is 19.4. The van der Waals surface area contributed by atoms with Crippen molar-refractivity contribution in [3.05, 3.63) is 35.8 Å². The zero-order valence-corrected chi connectivity index (χ0v) is 8.24. The number of benzene rings is 1. The van der Waals surface area contributed by atoms with Crippen LogP contribution in [0.2, 0.25) is 0 Å². The topological polar surface area (TPSA) is 56.7 Å². The lowest BCUT2D eigenvalue weighted by atomic mass is 10.2. The maximum absolute atomic E-state index is 13.5. The van der Waals surface area contributed by atoms with E-state index in [4.69, 9.17) is 5.73 Å². The van der Waals surface area contributed by atoms with E-state index >= 15 is 0 Å². The molecule has 0 aliphatic rings. The van der Waals surface area contributed by atoms with Crippen LogP contribution >= 0.6 is 0 Å². The number of anilines is 1. The Morgan fingerprint density at radius 2 is 1.94 bits per heavy atom. The molecule has 2 N–H and O–H groups in total. The minimum Gasteiger partial charge on any atom is -0.382 e. The number of nitrogens with two attached hydrogens (primary N) is 1. The van der Waals surface area contributed by atoms with E-state index < -0.39 is 17.6 Å². The Kier molecular flexibility index (Phi) is 2.49. The second kappa shape index (κ2) is 3.72. The highest BCUT2D eigenvalue weighted by Gasteiger charge is 2.31. The molecule has 0 unspecified atom stereocenters. The Morgan fingerprint density at radius 3 is 2.41 bits per heavy atom. The molecule has 8 heteroatoms. The minimum absolute atomic E-state index is 0.0312. The van der Waals surface area contributed by atoms with E-state index in [-0.39, 0.29) is 11.5 Å². The van der Waals surface area contributed by atoms with Crippen molar-refractivity contribution in [2.45, 2.75) is 6.18 Å². The standard InChI is InChI=1S/C9H6F4N4/c10-6-3-5(9(11,12)13)1-2-7(6)17-8(14)4-15-16-17/h1-4H,14H2. The van der Waals surface area contributed by atoms with Crippen molar-refractivity contribution in [3.63, 3.8) is 0 Å². The number of nitrogen functional groups attached to an aromatic ring is 1. The monoisotopic (exact) mass is 246 g/mol. The molecule has 0 fully saturated rings. The van der Waals surface area contributed by atoms with Gasteiger partial charge in [-0.1, -0.05) is 5.21 Å². The summed E-state index contributed by atoms with van der Waals surface area (Å²) in [5.74, 6) is -1.04. The first-order valence-electron chi connectivity index (χ1n) is 4.43. The number of rotatable bonds is 1. The molecule has 2 aromatic rings. The van der Waals surface area contributed by atoms with Crippen LogP contribution in [0, 0.1) is 5.82 Å². The lowest BCUT2D eigenvalue weighted by Crippen LogP contribution is -2.09. The van der Waals surface area contributed by atoms with Gasteiger partial charge in [-0.3, -0.25) is 0 Å². The van der Waals surface area contributed by atoms with Gasteiger partial charge in [0.15, 0.2) is 0 Å². The molecular formula is C9H6F4N4. The predicted molar refractivity (Wildman–Crippen MR) is 50.7 cm³/mol. The van der Waals surface area contributed by atoms with Crippen molar-refractivity contribution in [3.8, 4) is 5.69 Å². The normalized spacial score (nSPS) is 11.8. The second-order valence-electron chi connectivity index (χ2n) is 3.23. The van der Waals surface area contributed by atoms with Crippen LogP contribution in [-0.4, -0.2) is 15.0 Å². The molecule has 2 rings (SSSR count). The Balaban J connectivity index is 2.50. The van der Waals surface area contributed by atoms with Gasteiger partial charge in [-0.05, 0) is 18.2 Å². The van der Waals surface area contributed by atoms with Crippen molar-refractivity contribution in [1.29, 1.82) is 0 Å². The van der Waals surface area contributed by atoms with Gasteiger partial charge in [0.1, 0.15) is 17.3 Å². The van der Waals surface area contributed by atoms with E-state index in [1.165, 1.54) is 0 Å². The molecule has 0 aliphatic carbocycles. The average molecular weight is 246 g/mol. The van der Waals surface area contributed by atoms with Crippen LogP contribution < -0.4 is 5.73 Å². The van der Waals surface area contributed by atoms with Gasteiger partial charge in [-0.2, -0.15) is 17.9 Å². The van der Waals surface area contributed by atoms with Gasteiger partial charge in [0, 0.05) is 0 Å². The smallest absolute Gasteiger partial charge is 0.382 e. The molecular weight excluding hydrogens is 240 g/mol. The summed E-state index contributed by atoms with van der Waals surface area (Å²) in [4.78, 5) is 0. The summed E-state index contributed by atoms with van der Waals surface area (Å²) in [5, 5.41) is 6.87. The van der Waals surface area contributed by atoms with Gasteiger partial charge in [-0.15, -0.1) is 5.10 Å². The summed E-state index contributed by atoms with van der Waals surface area (Å²) in [6.45, 7) is 0. The minimum atomic E-state index is -4.59. The van der Waals surface area contributed by atoms with E-state index in [2.05, 4.69) is 10.3 Å². The average Bonchev–Trinajstić information content (AvgIpc) is 2.63. The Bertz CT molecular complexity index is 546. The third-order valence-corrected chi connectivity index (χ3v) is 2.08. The van der Waals surface area contributed by atoms with Gasteiger partial charge in [0.2, 0.25) is 0 Å². The third-order valence-electron chi connectivity index (χ3n) is 2.08. The fourth-order valence-corrected chi connectivity index (χ4v) is 1.29. The number of halogens is 4. The van der Waals surface area contributed by atoms with Gasteiger partial charge in [-0.25, -0.2) is 4.39 Å². The molecule has 17 heavy (non-hydrogen) atoms. The molecule has 0 bridgehead atoms. The van der Waals surface area contributed by atoms with Crippen LogP contribution in [0.3, 0.4) is 0 Å². The van der Waals surface area contributed by atoms with E-state index in [0.29, 0.717) is 6.07 Å². The molecule has 90 valence electrons. The highest BCUT2D eigenvalue weighted by molar-refractivity contribution is 5.42. The maximum Gasteiger partial charge on any atom is 0.416 e. The van der Waals surface area contributed by atoms with Gasteiger partial charge < -0.3 is 5.73 Å². The van der Waals surface area contributed by atoms with Gasteiger partial charge in [0.05, 0.1) is 11.8 Å². The quantitative estimate of drug-likeness (QED) is 0.783. The van der Waals surface area contributed by atoms with Crippen LogP contribution in [-0.2, 0) is 6.18 Å². The molecule has 0 amide bonds. The summed E-state index contributed by atoms with van der Waals surface area (Å²) in [5.41, 5.74) is 4.16. The number of alkyl halides is 3. The summed E-state index contributed by atoms with van der Waals surface area (Å²) in [6, 6.07) is 2.08. The van der Waals surface area contributed by atoms with Crippen LogP contribution in [0.25, 0.3) is 5.69 Å². The number of nitrogens with zero attached hydrogens (tertiary/aromatic N) is 3. The Morgan fingerprint density at radius 1 is 1.24 bits per heavy atom. The van der Waals surface area contributed by atoms with E-state index in [1.54, 1.807) is 0 Å². The van der Waals surface area contributed by atoms with Crippen molar-refractivity contribution in [1.82, 2.24) is 15.0 Å². The third kappa shape index (κ3) is 2.05. The molecule has 0 radical (unpaired) electrons. The first-order chi connectivity index (χ1) is 7.89. The molecule has 1 heterocycles. The lowest BCUT2D eigenvalue weighted by molar-refractivity contribution is -0.137. The van der Waals surface area contributed by atoms with Crippen LogP contribution in [0.5, 0.6) is 0 Å². The van der Waals surface area contributed by atoms with Crippen molar-refractivity contribution in [2.75, 3.05) is 5.73 Å². The fraction of sp³-hybridized carbons (Fsp3) is 0.111. The zero-order chi connectivity index (χ0) is 12.6. The first-order valence-corrected chi connectivity index (χ1v) is 4.43. The van der Waals surface area contributed by atoms with E-state index in [9.17, 15) is 17.6 Å². The molecule has 0 saturated heterocycles. The Labute approximate surface area is 92.7 Å². The molecule has 0 saturated carbocycles. The van der Waals surface area contributed by atoms with Crippen LogP contribution in [0.15, 0.2) is 24.4 Å². The van der Waals surface area contributed by atoms with E-state index in [1.807, 2.05) is 0 Å². The highest BCUT2D eigenvalue weighted by Crippen LogP contribution is 2.31. The van der Waals surface area contributed by atoms with Crippen molar-refractivity contribution < 1.29 is 17.6 Å². The summed E-state index contributed by atoms with van der Waals surface area (Å²) >= 11 is 0. The van der Waals surface area contributed by atoms with Gasteiger partial charge in [0.25, 0.3) is 0 Å². The number of hydrogen-bond acceptors (Lipinski definition) is 3. The molecule has 4 nitrogen and oxygen atoms in total. The summed E-state index contributed by atoms with van der Waals surface area (Å²) in [6.07, 6.45) is -3.43. The molecule has 0 spiro atoms. The van der Waals surface area contributed by atoms with Gasteiger partial charge >= 0.3 is 6.18 Å². The fourth-order valence-electron chi connectivity index (χ4n) is 1.29. The second-order valence-corrected chi connectivity index (χ2v) is 3.23. The maximum atomic E-state index is 13.5. The zero-order valence-electron chi connectivity index (χ0n) is 8.24. The Hall–Kier alpha value is -2.12. The number of hydrogen-bond donors (Lipinski definition) is 1. The molecule has 1 aromatic carbocycles. The molecule has 0 atom stereocenters. The number of aromatic nitrogens is 3. The van der Waals surface area contributed by atoms with Crippen LogP contribution in [0.1, 0.15) is 5.56 Å². The SMILES string of the molecule is Nc1cnnn1-c1ccc(C(F)(F)F)cc1F. The predicted octanol–water partition coefficient (Wildman–Crippen LogP) is 2.01. The summed E-state index contributed by atoms with van der Waals surface area (Å²) < 4.78 is 51.3. The summed E-state index contributed by atoms with van der Waals surface area (Å²) in [7, 11) is 0. The first kappa shape index (κ1) is 11.4. The van der Waals surface area contributed by atoms with Crippen molar-refractivity contribution >= 4 is 5.82 Å². The van der Waals surface area contributed by atoms with Crippen LogP contribution in [0.4, 0.5) is 23.4 Å². The van der Waals surface area contributed by atoms with E-state index in [0.717, 1.165) is 23.0 Å². The molecule has 0 aliphatic heterocycles. The van der Waals surface area contributed by atoms with Crippen molar-refractivity contribution in [2.24, 2.45) is 0 Å². The largest absolute Gasteiger partial charge is 0.416 e.